The number of carbonyl (C=O) groups is 2. The Morgan fingerprint density at radius 1 is 1.33 bits per heavy atom. The molecule has 0 saturated carbocycles. The van der Waals surface area contributed by atoms with Gasteiger partial charge in [0.05, 0.1) is 5.92 Å². The minimum absolute atomic E-state index is 0.0423. The van der Waals surface area contributed by atoms with Gasteiger partial charge in [0.1, 0.15) is 0 Å². The molecule has 3 unspecified atom stereocenters. The Bertz CT molecular complexity index is 362. The average Bonchev–Trinajstić information content (AvgIpc) is 2.81. The summed E-state index contributed by atoms with van der Waals surface area (Å²) in [5, 5.41) is 12.1. The molecular formula is C13H22N2O3. The van der Waals surface area contributed by atoms with Gasteiger partial charge in [0.2, 0.25) is 0 Å². The van der Waals surface area contributed by atoms with Crippen molar-refractivity contribution >= 4 is 12.0 Å². The van der Waals surface area contributed by atoms with Crippen molar-refractivity contribution in [2.75, 3.05) is 6.54 Å². The number of hydrogen-bond acceptors (Lipinski definition) is 2. The molecule has 102 valence electrons. The lowest BCUT2D eigenvalue weighted by Gasteiger charge is -2.26. The van der Waals surface area contributed by atoms with Gasteiger partial charge in [-0.2, -0.15) is 0 Å². The van der Waals surface area contributed by atoms with Gasteiger partial charge in [-0.05, 0) is 24.7 Å². The summed E-state index contributed by atoms with van der Waals surface area (Å²) in [6.07, 6.45) is 2.38. The molecule has 5 nitrogen and oxygen atoms in total. The fraction of sp³-hybridized carbons (Fsp3) is 0.846. The monoisotopic (exact) mass is 254 g/mol. The highest BCUT2D eigenvalue weighted by Gasteiger charge is 2.51. The molecule has 5 heteroatoms. The van der Waals surface area contributed by atoms with E-state index in [0.717, 1.165) is 12.8 Å². The van der Waals surface area contributed by atoms with Crippen LogP contribution in [0, 0.1) is 11.3 Å². The zero-order valence-electron chi connectivity index (χ0n) is 11.3. The number of fused-ring (bicyclic) bond motifs is 2. The Morgan fingerprint density at radius 2 is 2.00 bits per heavy atom. The fourth-order valence-electron chi connectivity index (χ4n) is 3.00. The molecule has 2 rings (SSSR count). The molecule has 0 radical (unpaired) electrons. The normalized spacial score (nSPS) is 30.6. The highest BCUT2D eigenvalue weighted by molar-refractivity contribution is 5.79. The number of carboxylic acid groups (broad SMARTS) is 1. The lowest BCUT2D eigenvalue weighted by molar-refractivity contribution is -0.142. The molecule has 3 atom stereocenters. The van der Waals surface area contributed by atoms with Gasteiger partial charge in [-0.1, -0.05) is 20.8 Å². The molecule has 2 aliphatic rings. The number of rotatable bonds is 2. The van der Waals surface area contributed by atoms with Crippen LogP contribution in [0.5, 0.6) is 0 Å². The molecule has 2 fully saturated rings. The van der Waals surface area contributed by atoms with Crippen LogP contribution in [0.4, 0.5) is 4.79 Å². The summed E-state index contributed by atoms with van der Waals surface area (Å²) in [6, 6.07) is -0.0790. The van der Waals surface area contributed by atoms with Gasteiger partial charge in [0, 0.05) is 18.6 Å². The van der Waals surface area contributed by atoms with Gasteiger partial charge in [-0.15, -0.1) is 0 Å². The summed E-state index contributed by atoms with van der Waals surface area (Å²) < 4.78 is 0. The van der Waals surface area contributed by atoms with Gasteiger partial charge in [0.15, 0.2) is 0 Å². The number of aliphatic carboxylic acids is 1. The third-order valence-corrected chi connectivity index (χ3v) is 3.86. The molecule has 0 aromatic carbocycles. The van der Waals surface area contributed by atoms with Crippen LogP contribution >= 0.6 is 0 Å². The molecule has 2 heterocycles. The predicted octanol–water partition coefficient (Wildman–Crippen LogP) is 1.68. The van der Waals surface area contributed by atoms with E-state index in [4.69, 9.17) is 5.11 Å². The Kier molecular flexibility index (Phi) is 3.25. The summed E-state index contributed by atoms with van der Waals surface area (Å²) in [5.74, 6) is -1.14. The lowest BCUT2D eigenvalue weighted by Crippen LogP contribution is -2.46. The molecule has 2 aliphatic heterocycles. The molecule has 2 N–H and O–H groups in total. The zero-order valence-corrected chi connectivity index (χ0v) is 11.3. The quantitative estimate of drug-likeness (QED) is 0.787. The summed E-state index contributed by atoms with van der Waals surface area (Å²) in [5.41, 5.74) is 0.0423. The van der Waals surface area contributed by atoms with Crippen molar-refractivity contribution in [3.05, 3.63) is 0 Å². The average molecular weight is 254 g/mol. The third-order valence-electron chi connectivity index (χ3n) is 3.86. The van der Waals surface area contributed by atoms with E-state index in [0.29, 0.717) is 13.0 Å². The van der Waals surface area contributed by atoms with Crippen molar-refractivity contribution in [2.24, 2.45) is 11.3 Å². The van der Waals surface area contributed by atoms with E-state index in [9.17, 15) is 9.59 Å². The highest BCUT2D eigenvalue weighted by Crippen LogP contribution is 2.41. The first kappa shape index (κ1) is 13.2. The van der Waals surface area contributed by atoms with Crippen molar-refractivity contribution in [1.82, 2.24) is 10.2 Å². The number of carboxylic acids is 1. The number of amides is 2. The minimum atomic E-state index is -0.768. The Morgan fingerprint density at radius 3 is 2.50 bits per heavy atom. The molecule has 2 bridgehead atoms. The topological polar surface area (TPSA) is 69.6 Å². The summed E-state index contributed by atoms with van der Waals surface area (Å²) in [7, 11) is 0. The standard InChI is InChI=1S/C13H22N2O3/c1-13(2,3)7-14-12(18)15-8-4-5-10(15)9(6-8)11(16)17/h8-10H,4-7H2,1-3H3,(H,14,18)(H,16,17). The maximum atomic E-state index is 12.1. The van der Waals surface area contributed by atoms with E-state index in [-0.39, 0.29) is 29.4 Å². The summed E-state index contributed by atoms with van der Waals surface area (Å²) in [4.78, 5) is 25.0. The van der Waals surface area contributed by atoms with Crippen LogP contribution in [0.3, 0.4) is 0 Å². The van der Waals surface area contributed by atoms with E-state index in [1.54, 1.807) is 4.90 Å². The van der Waals surface area contributed by atoms with Crippen molar-refractivity contribution in [3.8, 4) is 0 Å². The van der Waals surface area contributed by atoms with E-state index in [1.807, 2.05) is 0 Å². The number of nitrogens with one attached hydrogen (secondary N) is 1. The second kappa shape index (κ2) is 4.44. The van der Waals surface area contributed by atoms with Crippen molar-refractivity contribution in [3.63, 3.8) is 0 Å². The van der Waals surface area contributed by atoms with Crippen LogP contribution in [0.1, 0.15) is 40.0 Å². The minimum Gasteiger partial charge on any atom is -0.481 e. The summed E-state index contributed by atoms with van der Waals surface area (Å²) in [6.45, 7) is 6.79. The fourth-order valence-corrected chi connectivity index (χ4v) is 3.00. The smallest absolute Gasteiger partial charge is 0.317 e. The molecule has 0 aliphatic carbocycles. The number of nitrogens with zero attached hydrogens (tertiary/aromatic N) is 1. The largest absolute Gasteiger partial charge is 0.481 e. The first-order valence-corrected chi connectivity index (χ1v) is 6.58. The van der Waals surface area contributed by atoms with E-state index < -0.39 is 5.97 Å². The third kappa shape index (κ3) is 2.44. The lowest BCUT2D eigenvalue weighted by atomic mass is 9.89. The van der Waals surface area contributed by atoms with Gasteiger partial charge in [0.25, 0.3) is 0 Å². The van der Waals surface area contributed by atoms with Crippen LogP contribution in [0.15, 0.2) is 0 Å². The van der Waals surface area contributed by atoms with Gasteiger partial charge in [-0.25, -0.2) is 4.79 Å². The molecule has 0 spiro atoms. The molecule has 2 amide bonds. The zero-order chi connectivity index (χ0) is 13.5. The van der Waals surface area contributed by atoms with Crippen LogP contribution in [0.25, 0.3) is 0 Å². The van der Waals surface area contributed by atoms with E-state index in [2.05, 4.69) is 26.1 Å². The number of carbonyl (C=O) groups excluding carboxylic acids is 1. The Balaban J connectivity index is 1.98. The molecular weight excluding hydrogens is 232 g/mol. The van der Waals surface area contributed by atoms with E-state index in [1.165, 1.54) is 0 Å². The highest BCUT2D eigenvalue weighted by atomic mass is 16.4. The first-order valence-electron chi connectivity index (χ1n) is 6.58. The van der Waals surface area contributed by atoms with Crippen LogP contribution in [-0.4, -0.2) is 40.6 Å². The molecule has 2 saturated heterocycles. The van der Waals surface area contributed by atoms with Gasteiger partial charge < -0.3 is 15.3 Å². The second-order valence-electron chi connectivity index (χ2n) is 6.61. The predicted molar refractivity (Wildman–Crippen MR) is 67.2 cm³/mol. The van der Waals surface area contributed by atoms with Crippen LogP contribution < -0.4 is 5.32 Å². The van der Waals surface area contributed by atoms with Crippen molar-refractivity contribution in [2.45, 2.75) is 52.1 Å². The molecule has 0 aromatic rings. The SMILES string of the molecule is CC(C)(C)CNC(=O)N1C2CCC1C(C(=O)O)C2. The molecule has 0 aromatic heterocycles. The van der Waals surface area contributed by atoms with Gasteiger partial charge >= 0.3 is 12.0 Å². The number of hydrogen-bond donors (Lipinski definition) is 2. The van der Waals surface area contributed by atoms with E-state index >= 15 is 0 Å². The Hall–Kier alpha value is -1.26. The maximum absolute atomic E-state index is 12.1. The number of urea groups is 1. The second-order valence-corrected chi connectivity index (χ2v) is 6.61. The molecule has 18 heavy (non-hydrogen) atoms. The first-order chi connectivity index (χ1) is 8.29. The maximum Gasteiger partial charge on any atom is 0.317 e. The van der Waals surface area contributed by atoms with Gasteiger partial charge in [-0.3, -0.25) is 4.79 Å². The van der Waals surface area contributed by atoms with Crippen molar-refractivity contribution < 1.29 is 14.7 Å². The Labute approximate surface area is 108 Å². The van der Waals surface area contributed by atoms with Crippen LogP contribution in [-0.2, 0) is 4.79 Å². The summed E-state index contributed by atoms with van der Waals surface area (Å²) >= 11 is 0. The van der Waals surface area contributed by atoms with Crippen molar-refractivity contribution in [1.29, 1.82) is 0 Å². The van der Waals surface area contributed by atoms with Crippen LogP contribution in [0.2, 0.25) is 0 Å².